The third kappa shape index (κ3) is 2.11. The topological polar surface area (TPSA) is 42.4 Å². The first-order chi connectivity index (χ1) is 8.33. The molecule has 1 aliphatic rings. The molecule has 1 fully saturated rings. The zero-order chi connectivity index (χ0) is 11.7. The highest BCUT2D eigenvalue weighted by atomic mass is 16.5. The van der Waals surface area contributed by atoms with Gasteiger partial charge in [0, 0.05) is 18.0 Å². The Morgan fingerprint density at radius 1 is 1.18 bits per heavy atom. The number of nitrogens with zero attached hydrogens (tertiary/aromatic N) is 1. The molecule has 2 unspecified atom stereocenters. The van der Waals surface area contributed by atoms with E-state index in [2.05, 4.69) is 4.98 Å². The first-order valence-electron chi connectivity index (χ1n) is 6.01. The molecule has 3 nitrogen and oxygen atoms in total. The molecule has 2 aromatic rings. The van der Waals surface area contributed by atoms with Gasteiger partial charge >= 0.3 is 0 Å². The van der Waals surface area contributed by atoms with Gasteiger partial charge in [-0.25, -0.2) is 0 Å². The summed E-state index contributed by atoms with van der Waals surface area (Å²) in [6.45, 7) is 0. The zero-order valence-corrected chi connectivity index (χ0v) is 9.54. The monoisotopic (exact) mass is 229 g/mol. The Morgan fingerprint density at radius 2 is 2.06 bits per heavy atom. The van der Waals surface area contributed by atoms with Crippen LogP contribution in [0.15, 0.2) is 36.5 Å². The molecule has 1 aromatic heterocycles. The number of ether oxygens (including phenoxy) is 1. The lowest BCUT2D eigenvalue weighted by atomic mass is 10.2. The van der Waals surface area contributed by atoms with Gasteiger partial charge in [0.1, 0.15) is 17.4 Å². The molecule has 88 valence electrons. The molecule has 1 saturated carbocycles. The van der Waals surface area contributed by atoms with Gasteiger partial charge in [0.2, 0.25) is 0 Å². The maximum Gasteiger partial charge on any atom is 0.145 e. The Hall–Kier alpha value is -1.61. The summed E-state index contributed by atoms with van der Waals surface area (Å²) in [5.74, 6) is 0.821. The van der Waals surface area contributed by atoms with Crippen LogP contribution in [0.25, 0.3) is 10.9 Å². The van der Waals surface area contributed by atoms with Crippen LogP contribution in [-0.2, 0) is 0 Å². The van der Waals surface area contributed by atoms with Crippen LogP contribution in [0.3, 0.4) is 0 Å². The molecule has 1 aromatic carbocycles. The van der Waals surface area contributed by atoms with E-state index in [1.807, 2.05) is 30.3 Å². The molecule has 0 radical (unpaired) electrons. The molecule has 3 heteroatoms. The smallest absolute Gasteiger partial charge is 0.145 e. The van der Waals surface area contributed by atoms with Crippen molar-refractivity contribution in [1.82, 2.24) is 4.98 Å². The van der Waals surface area contributed by atoms with E-state index in [4.69, 9.17) is 4.74 Å². The normalized spacial score (nSPS) is 24.1. The first kappa shape index (κ1) is 10.5. The van der Waals surface area contributed by atoms with Crippen molar-refractivity contribution < 1.29 is 9.84 Å². The highest BCUT2D eigenvalue weighted by Gasteiger charge is 2.24. The van der Waals surface area contributed by atoms with Gasteiger partial charge in [-0.05, 0) is 25.0 Å². The van der Waals surface area contributed by atoms with Crippen LogP contribution in [0, 0.1) is 0 Å². The molecular weight excluding hydrogens is 214 g/mol. The summed E-state index contributed by atoms with van der Waals surface area (Å²) < 4.78 is 5.94. The van der Waals surface area contributed by atoms with Crippen molar-refractivity contribution in [1.29, 1.82) is 0 Å². The molecule has 2 atom stereocenters. The minimum atomic E-state index is -0.206. The number of hydrogen-bond acceptors (Lipinski definition) is 3. The Labute approximate surface area is 100 Å². The number of pyridine rings is 1. The SMILES string of the molecule is OC1CCC(Oc2cccc3cccnc23)C1. The van der Waals surface area contributed by atoms with Gasteiger partial charge in [0.05, 0.1) is 6.10 Å². The highest BCUT2D eigenvalue weighted by Crippen LogP contribution is 2.28. The Kier molecular flexibility index (Phi) is 2.69. The summed E-state index contributed by atoms with van der Waals surface area (Å²) in [5, 5.41) is 10.6. The van der Waals surface area contributed by atoms with Crippen LogP contribution in [0.2, 0.25) is 0 Å². The standard InChI is InChI=1S/C14H15NO2/c16-11-6-7-12(9-11)17-13-5-1-3-10-4-2-8-15-14(10)13/h1-5,8,11-12,16H,6-7,9H2. The van der Waals surface area contributed by atoms with E-state index in [0.717, 1.165) is 35.9 Å². The van der Waals surface area contributed by atoms with Crippen LogP contribution in [0.4, 0.5) is 0 Å². The number of fused-ring (bicyclic) bond motifs is 1. The summed E-state index contributed by atoms with van der Waals surface area (Å²) >= 11 is 0. The second kappa shape index (κ2) is 4.34. The minimum Gasteiger partial charge on any atom is -0.488 e. The fourth-order valence-electron chi connectivity index (χ4n) is 2.38. The number of aromatic nitrogens is 1. The lowest BCUT2D eigenvalue weighted by Crippen LogP contribution is -2.13. The summed E-state index contributed by atoms with van der Waals surface area (Å²) in [4.78, 5) is 4.35. The van der Waals surface area contributed by atoms with Crippen molar-refractivity contribution in [3.63, 3.8) is 0 Å². The third-order valence-corrected chi connectivity index (χ3v) is 3.25. The Bertz CT molecular complexity index is 521. The van der Waals surface area contributed by atoms with E-state index in [0.29, 0.717) is 0 Å². The van der Waals surface area contributed by atoms with Gasteiger partial charge in [-0.15, -0.1) is 0 Å². The summed E-state index contributed by atoms with van der Waals surface area (Å²) in [6, 6.07) is 9.90. The third-order valence-electron chi connectivity index (χ3n) is 3.25. The largest absolute Gasteiger partial charge is 0.488 e. The molecule has 0 bridgehead atoms. The van der Waals surface area contributed by atoms with E-state index in [1.165, 1.54) is 0 Å². The van der Waals surface area contributed by atoms with Crippen LogP contribution >= 0.6 is 0 Å². The number of aliphatic hydroxyl groups excluding tert-OH is 1. The predicted octanol–water partition coefficient (Wildman–Crippen LogP) is 2.53. The number of benzene rings is 1. The van der Waals surface area contributed by atoms with Gasteiger partial charge in [0.25, 0.3) is 0 Å². The van der Waals surface area contributed by atoms with E-state index >= 15 is 0 Å². The number of aliphatic hydroxyl groups is 1. The van der Waals surface area contributed by atoms with Crippen molar-refractivity contribution in [2.75, 3.05) is 0 Å². The molecular formula is C14H15NO2. The van der Waals surface area contributed by atoms with Gasteiger partial charge < -0.3 is 9.84 Å². The van der Waals surface area contributed by atoms with Gasteiger partial charge in [-0.2, -0.15) is 0 Å². The van der Waals surface area contributed by atoms with Crippen molar-refractivity contribution in [2.45, 2.75) is 31.5 Å². The first-order valence-corrected chi connectivity index (χ1v) is 6.01. The van der Waals surface area contributed by atoms with Gasteiger partial charge in [-0.3, -0.25) is 4.98 Å². The molecule has 17 heavy (non-hydrogen) atoms. The Morgan fingerprint density at radius 3 is 2.88 bits per heavy atom. The Balaban J connectivity index is 1.90. The number of rotatable bonds is 2. The summed E-state index contributed by atoms with van der Waals surface area (Å²) in [6.07, 6.45) is 4.18. The van der Waals surface area contributed by atoms with Crippen molar-refractivity contribution in [2.24, 2.45) is 0 Å². The number of para-hydroxylation sites is 1. The van der Waals surface area contributed by atoms with E-state index in [1.54, 1.807) is 6.20 Å². The van der Waals surface area contributed by atoms with Crippen molar-refractivity contribution in [3.8, 4) is 5.75 Å². The van der Waals surface area contributed by atoms with Crippen LogP contribution < -0.4 is 4.74 Å². The summed E-state index contributed by atoms with van der Waals surface area (Å²) in [7, 11) is 0. The van der Waals surface area contributed by atoms with E-state index in [9.17, 15) is 5.11 Å². The van der Waals surface area contributed by atoms with E-state index < -0.39 is 0 Å². The quantitative estimate of drug-likeness (QED) is 0.860. The second-order valence-electron chi connectivity index (χ2n) is 4.54. The molecule has 0 aliphatic heterocycles. The van der Waals surface area contributed by atoms with Crippen LogP contribution in [-0.4, -0.2) is 22.3 Å². The summed E-state index contributed by atoms with van der Waals surface area (Å²) in [5.41, 5.74) is 0.899. The average molecular weight is 229 g/mol. The second-order valence-corrected chi connectivity index (χ2v) is 4.54. The molecule has 0 spiro atoms. The molecule has 1 N–H and O–H groups in total. The minimum absolute atomic E-state index is 0.123. The molecule has 3 rings (SSSR count). The lowest BCUT2D eigenvalue weighted by molar-refractivity contribution is 0.150. The van der Waals surface area contributed by atoms with Crippen molar-refractivity contribution in [3.05, 3.63) is 36.5 Å². The van der Waals surface area contributed by atoms with Crippen LogP contribution in [0.1, 0.15) is 19.3 Å². The van der Waals surface area contributed by atoms with Crippen LogP contribution in [0.5, 0.6) is 5.75 Å². The predicted molar refractivity (Wildman–Crippen MR) is 66.0 cm³/mol. The fourth-order valence-corrected chi connectivity index (χ4v) is 2.38. The van der Waals surface area contributed by atoms with E-state index in [-0.39, 0.29) is 12.2 Å². The van der Waals surface area contributed by atoms with Crippen molar-refractivity contribution >= 4 is 10.9 Å². The molecule has 0 saturated heterocycles. The molecule has 0 amide bonds. The maximum atomic E-state index is 9.50. The fraction of sp³-hybridized carbons (Fsp3) is 0.357. The van der Waals surface area contributed by atoms with Gasteiger partial charge in [-0.1, -0.05) is 18.2 Å². The zero-order valence-electron chi connectivity index (χ0n) is 9.54. The number of hydrogen-bond donors (Lipinski definition) is 1. The average Bonchev–Trinajstić information content (AvgIpc) is 2.75. The highest BCUT2D eigenvalue weighted by molar-refractivity contribution is 5.84. The maximum absolute atomic E-state index is 9.50. The lowest BCUT2D eigenvalue weighted by Gasteiger charge is -2.14. The molecule has 1 aliphatic carbocycles. The molecule has 1 heterocycles. The van der Waals surface area contributed by atoms with Gasteiger partial charge in [0.15, 0.2) is 0 Å².